The van der Waals surface area contributed by atoms with Crippen LogP contribution in [0.15, 0.2) is 131 Å². The molecule has 13 heteroatoms. The van der Waals surface area contributed by atoms with E-state index in [1.54, 1.807) is 60.7 Å². The van der Waals surface area contributed by atoms with Gasteiger partial charge in [0.1, 0.15) is 22.8 Å². The maximum Gasteiger partial charge on any atom is 0.260 e. The first-order valence-corrected chi connectivity index (χ1v) is 19.5. The molecule has 2 aliphatic heterocycles. The molecule has 11 nitrogen and oxygen atoms in total. The first-order valence-electron chi connectivity index (χ1n) is 19.2. The Bertz CT molecular complexity index is 2720. The van der Waals surface area contributed by atoms with E-state index >= 15 is 4.79 Å². The number of methoxy groups -OCH3 is 1. The van der Waals surface area contributed by atoms with Gasteiger partial charge in [0.05, 0.1) is 41.7 Å². The standard InChI is InChI=1S/C46H34ClFN4O7/c1-58-30-18-19-32(37(53)22-30)40-31-20-21-33-39(44(56)51(42(33)54)29-16-6-24(7-17-29)41-49-36-4-2-3-5-38(36)59-41)34(31)23-35-43(55)52(50-28-14-12-27(48)13-15-28)45(57)46(35,40)25-8-10-26(47)11-9-25/h2-20,22,33-35,39-40,50,53H,21,23H2,1H3. The number of amides is 4. The van der Waals surface area contributed by atoms with E-state index in [1.165, 1.54) is 42.3 Å². The summed E-state index contributed by atoms with van der Waals surface area (Å²) in [5, 5.41) is 13.1. The number of hydrogen-bond donors (Lipinski definition) is 2. The summed E-state index contributed by atoms with van der Waals surface area (Å²) in [4.78, 5) is 65.1. The Morgan fingerprint density at radius 2 is 1.63 bits per heavy atom. The molecule has 0 spiro atoms. The molecule has 0 bridgehead atoms. The Morgan fingerprint density at radius 3 is 2.34 bits per heavy atom. The fourth-order valence-corrected chi connectivity index (χ4v) is 10.0. The van der Waals surface area contributed by atoms with Crippen LogP contribution in [-0.4, -0.2) is 45.8 Å². The molecule has 0 radical (unpaired) electrons. The number of ether oxygens (including phenoxy) is 1. The topological polar surface area (TPSA) is 142 Å². The summed E-state index contributed by atoms with van der Waals surface area (Å²) >= 11 is 6.39. The predicted octanol–water partition coefficient (Wildman–Crippen LogP) is 8.19. The summed E-state index contributed by atoms with van der Waals surface area (Å²) in [7, 11) is 1.47. The van der Waals surface area contributed by atoms with Crippen LogP contribution in [0.25, 0.3) is 22.6 Å². The number of phenols is 1. The number of aromatic hydroxyl groups is 1. The van der Waals surface area contributed by atoms with Gasteiger partial charge in [-0.15, -0.1) is 0 Å². The van der Waals surface area contributed by atoms with Gasteiger partial charge in [0.2, 0.25) is 17.7 Å². The molecule has 4 aliphatic rings. The van der Waals surface area contributed by atoms with Gasteiger partial charge in [-0.1, -0.05) is 53.6 Å². The zero-order valence-corrected chi connectivity index (χ0v) is 32.1. The lowest BCUT2D eigenvalue weighted by Gasteiger charge is -2.50. The molecule has 1 aromatic heterocycles. The highest BCUT2D eigenvalue weighted by Crippen LogP contribution is 2.65. The van der Waals surface area contributed by atoms with Crippen molar-refractivity contribution in [3.05, 3.63) is 149 Å². The van der Waals surface area contributed by atoms with Crippen LogP contribution in [0.5, 0.6) is 11.5 Å². The second kappa shape index (κ2) is 13.7. The number of oxazole rings is 1. The quantitative estimate of drug-likeness (QED) is 0.121. The Balaban J connectivity index is 1.09. The molecule has 2 N–H and O–H groups in total. The predicted molar refractivity (Wildman–Crippen MR) is 216 cm³/mol. The third kappa shape index (κ3) is 5.50. The van der Waals surface area contributed by atoms with Gasteiger partial charge in [-0.2, -0.15) is 5.01 Å². The van der Waals surface area contributed by atoms with Crippen LogP contribution in [-0.2, 0) is 24.6 Å². The molecule has 1 saturated carbocycles. The van der Waals surface area contributed by atoms with Gasteiger partial charge in [0.15, 0.2) is 5.58 Å². The van der Waals surface area contributed by atoms with Gasteiger partial charge in [0.25, 0.3) is 11.8 Å². The zero-order chi connectivity index (χ0) is 40.7. The number of allylic oxidation sites excluding steroid dienone is 2. The fraction of sp³-hybridized carbons (Fsp3) is 0.196. The van der Waals surface area contributed by atoms with E-state index in [9.17, 15) is 23.9 Å². The fourth-order valence-electron chi connectivity index (χ4n) is 9.90. The van der Waals surface area contributed by atoms with Crippen molar-refractivity contribution in [2.75, 3.05) is 17.4 Å². The molecule has 6 unspecified atom stereocenters. The second-order valence-corrected chi connectivity index (χ2v) is 15.8. The molecule has 5 aromatic carbocycles. The number of carbonyl (C=O) groups is 4. The number of carbonyl (C=O) groups excluding carboxylic acids is 4. The molecular formula is C46H34ClFN4O7. The van der Waals surface area contributed by atoms with E-state index in [2.05, 4.69) is 10.4 Å². The van der Waals surface area contributed by atoms with Crippen molar-refractivity contribution in [3.8, 4) is 23.0 Å². The summed E-state index contributed by atoms with van der Waals surface area (Å²) in [5.74, 6) is -6.19. The van der Waals surface area contributed by atoms with Crippen molar-refractivity contribution in [3.63, 3.8) is 0 Å². The van der Waals surface area contributed by atoms with Gasteiger partial charge in [-0.05, 0) is 103 Å². The van der Waals surface area contributed by atoms with Crippen molar-refractivity contribution >= 4 is 57.7 Å². The van der Waals surface area contributed by atoms with Crippen molar-refractivity contribution in [2.45, 2.75) is 24.2 Å². The number of imide groups is 2. The van der Waals surface area contributed by atoms with Gasteiger partial charge in [0, 0.05) is 28.1 Å². The first-order chi connectivity index (χ1) is 28.6. The van der Waals surface area contributed by atoms with Crippen LogP contribution in [0, 0.1) is 29.5 Å². The minimum absolute atomic E-state index is 0.0404. The maximum absolute atomic E-state index is 15.3. The highest BCUT2D eigenvalue weighted by molar-refractivity contribution is 6.30. The van der Waals surface area contributed by atoms with E-state index < -0.39 is 58.5 Å². The van der Waals surface area contributed by atoms with Gasteiger partial charge in [-0.25, -0.2) is 9.37 Å². The van der Waals surface area contributed by atoms with Crippen LogP contribution < -0.4 is 15.1 Å². The Kier molecular flexibility index (Phi) is 8.46. The Labute approximate surface area is 341 Å². The third-order valence-corrected chi connectivity index (χ3v) is 12.7. The maximum atomic E-state index is 15.3. The summed E-state index contributed by atoms with van der Waals surface area (Å²) in [6.45, 7) is 0. The molecule has 2 aliphatic carbocycles. The number of halogens is 2. The van der Waals surface area contributed by atoms with Crippen LogP contribution in [0.4, 0.5) is 15.8 Å². The van der Waals surface area contributed by atoms with E-state index in [4.69, 9.17) is 20.8 Å². The average Bonchev–Trinajstić information content (AvgIpc) is 3.86. The molecule has 294 valence electrons. The largest absolute Gasteiger partial charge is 0.508 e. The molecule has 10 rings (SSSR count). The number of benzene rings is 5. The lowest BCUT2D eigenvalue weighted by molar-refractivity contribution is -0.138. The molecule has 3 heterocycles. The van der Waals surface area contributed by atoms with Crippen molar-refractivity contribution < 1.29 is 37.8 Å². The molecule has 6 aromatic rings. The molecule has 3 fully saturated rings. The molecular weight excluding hydrogens is 775 g/mol. The normalized spacial score (nSPS) is 24.9. The number of anilines is 2. The Hall–Kier alpha value is -6.79. The number of nitrogens with zero attached hydrogens (tertiary/aromatic N) is 3. The monoisotopic (exact) mass is 808 g/mol. The number of para-hydroxylation sites is 2. The molecule has 6 atom stereocenters. The average molecular weight is 809 g/mol. The molecule has 4 amide bonds. The first kappa shape index (κ1) is 36.5. The number of rotatable bonds is 7. The molecule has 59 heavy (non-hydrogen) atoms. The number of aromatic nitrogens is 1. The van der Waals surface area contributed by atoms with E-state index in [-0.39, 0.29) is 24.5 Å². The zero-order valence-electron chi connectivity index (χ0n) is 31.3. The molecule has 2 saturated heterocycles. The third-order valence-electron chi connectivity index (χ3n) is 12.5. The van der Waals surface area contributed by atoms with Crippen LogP contribution in [0.1, 0.15) is 29.9 Å². The van der Waals surface area contributed by atoms with E-state index in [0.29, 0.717) is 61.4 Å². The smallest absolute Gasteiger partial charge is 0.260 e. The summed E-state index contributed by atoms with van der Waals surface area (Å²) in [6, 6.07) is 31.0. The number of hydrogen-bond acceptors (Lipinski definition) is 9. The lowest BCUT2D eigenvalue weighted by atomic mass is 9.49. The van der Waals surface area contributed by atoms with Crippen LogP contribution in [0.2, 0.25) is 5.02 Å². The minimum atomic E-state index is -1.65. The highest BCUT2D eigenvalue weighted by atomic mass is 35.5. The number of hydrazine groups is 1. The van der Waals surface area contributed by atoms with Crippen molar-refractivity contribution in [1.82, 2.24) is 9.99 Å². The van der Waals surface area contributed by atoms with Crippen LogP contribution >= 0.6 is 11.6 Å². The van der Waals surface area contributed by atoms with Crippen molar-refractivity contribution in [2.24, 2.45) is 23.7 Å². The number of nitrogens with one attached hydrogen (secondary N) is 1. The Morgan fingerprint density at radius 1 is 0.881 bits per heavy atom. The number of phenolic OH excluding ortho intramolecular Hbond substituents is 1. The SMILES string of the molecule is COc1ccc(C2C3=CCC4C(=O)N(c5ccc(-c6nc7ccccc7o6)cc5)C(=O)C4C3CC3C(=O)N(Nc4ccc(F)cc4)C(=O)C32c2ccc(Cl)cc2)c(O)c1. The van der Waals surface area contributed by atoms with Crippen molar-refractivity contribution in [1.29, 1.82) is 0 Å². The number of fused-ring (bicyclic) bond motifs is 5. The summed E-state index contributed by atoms with van der Waals surface area (Å²) in [5.41, 5.74) is 5.45. The summed E-state index contributed by atoms with van der Waals surface area (Å²) in [6.07, 6.45) is 2.14. The van der Waals surface area contributed by atoms with Crippen LogP contribution in [0.3, 0.4) is 0 Å². The summed E-state index contributed by atoms with van der Waals surface area (Å²) < 4.78 is 25.3. The minimum Gasteiger partial charge on any atom is -0.508 e. The van der Waals surface area contributed by atoms with Gasteiger partial charge < -0.3 is 14.3 Å². The highest BCUT2D eigenvalue weighted by Gasteiger charge is 2.70. The van der Waals surface area contributed by atoms with Gasteiger partial charge in [-0.3, -0.25) is 29.5 Å². The second-order valence-electron chi connectivity index (χ2n) is 15.3. The van der Waals surface area contributed by atoms with E-state index in [1.807, 2.05) is 30.3 Å². The van der Waals surface area contributed by atoms with E-state index in [0.717, 1.165) is 5.01 Å². The lowest BCUT2D eigenvalue weighted by Crippen LogP contribution is -2.53. The van der Waals surface area contributed by atoms with Gasteiger partial charge >= 0.3 is 0 Å².